The molecule has 27 heavy (non-hydrogen) atoms. The number of rotatable bonds is 10. The number of halogens is 1. The van der Waals surface area contributed by atoms with Crippen LogP contribution < -0.4 is 20.1 Å². The molecule has 0 atom stereocenters. The number of benzene rings is 1. The molecule has 10 heteroatoms. The smallest absolute Gasteiger partial charge is 0.211 e. The van der Waals surface area contributed by atoms with E-state index in [0.717, 1.165) is 5.69 Å². The fourth-order valence-electron chi connectivity index (χ4n) is 2.36. The summed E-state index contributed by atoms with van der Waals surface area (Å²) in [6.45, 7) is 5.84. The van der Waals surface area contributed by atoms with Crippen molar-refractivity contribution in [2.45, 2.75) is 20.3 Å². The van der Waals surface area contributed by atoms with Crippen LogP contribution in [-0.2, 0) is 10.0 Å². The zero-order chi connectivity index (χ0) is 19.6. The Hall–Kier alpha value is -1.27. The van der Waals surface area contributed by atoms with Crippen molar-refractivity contribution >= 4 is 45.6 Å². The molecule has 1 aromatic carbocycles. The maximum atomic E-state index is 11.6. The lowest BCUT2D eigenvalue weighted by Gasteiger charge is -2.18. The molecule has 1 rings (SSSR count). The summed E-state index contributed by atoms with van der Waals surface area (Å²) in [5.74, 6) is 1.92. The highest BCUT2D eigenvalue weighted by atomic mass is 127. The zero-order valence-corrected chi connectivity index (χ0v) is 19.8. The Bertz CT molecular complexity index is 698. The third-order valence-electron chi connectivity index (χ3n) is 3.65. The monoisotopic (exact) mass is 514 g/mol. The first-order chi connectivity index (χ1) is 12.3. The van der Waals surface area contributed by atoms with E-state index in [4.69, 9.17) is 9.47 Å². The molecule has 0 unspecified atom stereocenters. The van der Waals surface area contributed by atoms with Gasteiger partial charge < -0.3 is 20.1 Å². The van der Waals surface area contributed by atoms with E-state index >= 15 is 0 Å². The van der Waals surface area contributed by atoms with Crippen molar-refractivity contribution in [1.29, 1.82) is 0 Å². The van der Waals surface area contributed by atoms with E-state index in [0.29, 0.717) is 50.1 Å². The van der Waals surface area contributed by atoms with E-state index < -0.39 is 10.0 Å². The molecule has 156 valence electrons. The summed E-state index contributed by atoms with van der Waals surface area (Å²) in [5.41, 5.74) is 0.810. The van der Waals surface area contributed by atoms with Crippen LogP contribution in [0, 0.1) is 0 Å². The van der Waals surface area contributed by atoms with E-state index in [1.54, 1.807) is 14.2 Å². The van der Waals surface area contributed by atoms with Gasteiger partial charge in [0.2, 0.25) is 10.0 Å². The Morgan fingerprint density at radius 1 is 1.26 bits per heavy atom. The summed E-state index contributed by atoms with van der Waals surface area (Å²) >= 11 is 0. The summed E-state index contributed by atoms with van der Waals surface area (Å²) in [7, 11) is 0.117. The van der Waals surface area contributed by atoms with E-state index in [9.17, 15) is 8.42 Å². The molecule has 0 saturated carbocycles. The van der Waals surface area contributed by atoms with Crippen molar-refractivity contribution < 1.29 is 17.9 Å². The molecule has 0 bridgehead atoms. The first-order valence-electron chi connectivity index (χ1n) is 8.59. The van der Waals surface area contributed by atoms with Gasteiger partial charge >= 0.3 is 0 Å². The van der Waals surface area contributed by atoms with Crippen molar-refractivity contribution in [2.75, 3.05) is 52.0 Å². The van der Waals surface area contributed by atoms with Crippen molar-refractivity contribution in [1.82, 2.24) is 9.62 Å². The fourth-order valence-corrected chi connectivity index (χ4v) is 3.29. The number of guanidine groups is 1. The molecule has 2 N–H and O–H groups in total. The lowest BCUT2D eigenvalue weighted by atomic mass is 10.2. The average molecular weight is 514 g/mol. The topological polar surface area (TPSA) is 92.3 Å². The molecule has 0 saturated heterocycles. The molecule has 0 aromatic heterocycles. The summed E-state index contributed by atoms with van der Waals surface area (Å²) in [6.07, 6.45) is 1.90. The van der Waals surface area contributed by atoms with E-state index in [2.05, 4.69) is 15.6 Å². The summed E-state index contributed by atoms with van der Waals surface area (Å²) < 4.78 is 35.4. The zero-order valence-electron chi connectivity index (χ0n) is 16.6. The largest absolute Gasteiger partial charge is 0.493 e. The van der Waals surface area contributed by atoms with Gasteiger partial charge in [-0.1, -0.05) is 6.92 Å². The number of ether oxygens (including phenoxy) is 2. The molecule has 0 fully saturated rings. The lowest BCUT2D eigenvalue weighted by Crippen LogP contribution is -2.35. The Labute approximate surface area is 179 Å². The Morgan fingerprint density at radius 3 is 2.48 bits per heavy atom. The molecular weight excluding hydrogens is 483 g/mol. The highest BCUT2D eigenvalue weighted by Crippen LogP contribution is 2.30. The van der Waals surface area contributed by atoms with E-state index in [1.165, 1.54) is 10.6 Å². The van der Waals surface area contributed by atoms with Gasteiger partial charge in [-0.15, -0.1) is 24.0 Å². The second-order valence-corrected chi connectivity index (χ2v) is 7.51. The molecular formula is C17H31IN4O4S. The van der Waals surface area contributed by atoms with Crippen molar-refractivity contribution in [2.24, 2.45) is 4.99 Å². The van der Waals surface area contributed by atoms with Crippen molar-refractivity contribution in [3.8, 4) is 11.5 Å². The van der Waals surface area contributed by atoms with Gasteiger partial charge in [0.25, 0.3) is 0 Å². The van der Waals surface area contributed by atoms with Crippen LogP contribution in [0.3, 0.4) is 0 Å². The molecule has 0 aliphatic heterocycles. The van der Waals surface area contributed by atoms with Gasteiger partial charge in [-0.25, -0.2) is 12.7 Å². The number of hydrogen-bond acceptors (Lipinski definition) is 5. The molecule has 0 spiro atoms. The van der Waals surface area contributed by atoms with Gasteiger partial charge in [-0.3, -0.25) is 4.99 Å². The highest BCUT2D eigenvalue weighted by Gasteiger charge is 2.13. The number of sulfonamides is 1. The number of aliphatic imine (C=N–C) groups is 1. The van der Waals surface area contributed by atoms with Gasteiger partial charge in [0.15, 0.2) is 17.5 Å². The quantitative estimate of drug-likeness (QED) is 0.216. The second kappa shape index (κ2) is 13.0. The molecule has 0 heterocycles. The molecule has 8 nitrogen and oxygen atoms in total. The SMILES string of the molecule is CCOc1ccc(NC(=NC)NCCCN(CC)S(C)(=O)=O)cc1OC.I. The van der Waals surface area contributed by atoms with Crippen LogP contribution in [-0.4, -0.2) is 65.3 Å². The Kier molecular flexibility index (Phi) is 12.4. The van der Waals surface area contributed by atoms with Gasteiger partial charge in [0.1, 0.15) is 0 Å². The third kappa shape index (κ3) is 8.98. The standard InChI is InChI=1S/C17H30N4O4S.HI/c1-6-21(26(5,22)23)12-8-11-19-17(18-3)20-14-9-10-15(25-7-2)16(13-14)24-4;/h9-10,13H,6-8,11-12H2,1-5H3,(H2,18,19,20);1H. The number of nitrogens with zero attached hydrogens (tertiary/aromatic N) is 2. The minimum atomic E-state index is -3.15. The molecule has 0 aliphatic rings. The predicted molar refractivity (Wildman–Crippen MR) is 121 cm³/mol. The Balaban J connectivity index is 0.00000676. The highest BCUT2D eigenvalue weighted by molar-refractivity contribution is 14.0. The Morgan fingerprint density at radius 2 is 1.96 bits per heavy atom. The minimum Gasteiger partial charge on any atom is -0.493 e. The normalized spacial score (nSPS) is 11.7. The maximum absolute atomic E-state index is 11.6. The number of anilines is 1. The molecule has 1 aromatic rings. The third-order valence-corrected chi connectivity index (χ3v) is 5.03. The van der Waals surface area contributed by atoms with Crippen LogP contribution in [0.25, 0.3) is 0 Å². The second-order valence-electron chi connectivity index (χ2n) is 5.53. The molecule has 0 radical (unpaired) electrons. The van der Waals surface area contributed by atoms with Crippen LogP contribution in [0.2, 0.25) is 0 Å². The van der Waals surface area contributed by atoms with Crippen LogP contribution in [0.15, 0.2) is 23.2 Å². The molecule has 0 amide bonds. The summed E-state index contributed by atoms with van der Waals surface area (Å²) in [5, 5.41) is 6.35. The van der Waals surface area contributed by atoms with Gasteiger partial charge in [0, 0.05) is 38.4 Å². The van der Waals surface area contributed by atoms with Crippen LogP contribution in [0.1, 0.15) is 20.3 Å². The number of hydrogen-bond donors (Lipinski definition) is 2. The van der Waals surface area contributed by atoms with Gasteiger partial charge in [0.05, 0.1) is 20.0 Å². The van der Waals surface area contributed by atoms with Gasteiger partial charge in [-0.2, -0.15) is 0 Å². The lowest BCUT2D eigenvalue weighted by molar-refractivity contribution is 0.311. The number of methoxy groups -OCH3 is 1. The summed E-state index contributed by atoms with van der Waals surface area (Å²) in [4.78, 5) is 4.17. The van der Waals surface area contributed by atoms with Gasteiger partial charge in [-0.05, 0) is 25.5 Å². The maximum Gasteiger partial charge on any atom is 0.211 e. The van der Waals surface area contributed by atoms with Crippen LogP contribution in [0.5, 0.6) is 11.5 Å². The fraction of sp³-hybridized carbons (Fsp3) is 0.588. The van der Waals surface area contributed by atoms with Crippen molar-refractivity contribution in [3.63, 3.8) is 0 Å². The summed E-state index contributed by atoms with van der Waals surface area (Å²) in [6, 6.07) is 5.55. The molecule has 0 aliphatic carbocycles. The minimum absolute atomic E-state index is 0. The van der Waals surface area contributed by atoms with Crippen LogP contribution in [0.4, 0.5) is 5.69 Å². The first-order valence-corrected chi connectivity index (χ1v) is 10.4. The van der Waals surface area contributed by atoms with Crippen LogP contribution >= 0.6 is 24.0 Å². The van der Waals surface area contributed by atoms with E-state index in [-0.39, 0.29) is 24.0 Å². The van der Waals surface area contributed by atoms with E-state index in [1.807, 2.05) is 32.0 Å². The number of nitrogens with one attached hydrogen (secondary N) is 2. The average Bonchev–Trinajstić information content (AvgIpc) is 2.60. The van der Waals surface area contributed by atoms with Crippen molar-refractivity contribution in [3.05, 3.63) is 18.2 Å². The first kappa shape index (κ1) is 25.7. The predicted octanol–water partition coefficient (Wildman–Crippen LogP) is 2.37.